The van der Waals surface area contributed by atoms with Gasteiger partial charge in [-0.1, -0.05) is 52.9 Å². The van der Waals surface area contributed by atoms with Gasteiger partial charge in [-0.3, -0.25) is 23.6 Å². The minimum atomic E-state index is -4.43. The Hall–Kier alpha value is -4.39. The topological polar surface area (TPSA) is 121 Å². The van der Waals surface area contributed by atoms with E-state index in [1.807, 2.05) is 27.0 Å². The van der Waals surface area contributed by atoms with Crippen molar-refractivity contribution in [1.29, 1.82) is 0 Å². The first-order valence-electron chi connectivity index (χ1n) is 17.8. The number of hydrogen-bond donors (Lipinski definition) is 3. The van der Waals surface area contributed by atoms with Crippen LogP contribution in [-0.2, 0) is 22.8 Å². The highest BCUT2D eigenvalue weighted by Crippen LogP contribution is 2.34. The predicted octanol–water partition coefficient (Wildman–Crippen LogP) is 6.51. The second-order valence-electron chi connectivity index (χ2n) is 14.7. The first-order valence-corrected chi connectivity index (χ1v) is 17.8. The van der Waals surface area contributed by atoms with Gasteiger partial charge in [0, 0.05) is 61.3 Å². The van der Waals surface area contributed by atoms with Crippen LogP contribution >= 0.6 is 0 Å². The summed E-state index contributed by atoms with van der Waals surface area (Å²) in [5.41, 5.74) is 1.21. The molecular weight excluding hydrogens is 661 g/mol. The van der Waals surface area contributed by atoms with E-state index in [1.54, 1.807) is 39.4 Å². The Morgan fingerprint density at radius 3 is 2.24 bits per heavy atom. The molecule has 10 nitrogen and oxygen atoms in total. The molecule has 3 heterocycles. The number of rotatable bonds is 14. The van der Waals surface area contributed by atoms with Crippen LogP contribution in [-0.4, -0.2) is 73.9 Å². The number of amides is 3. The molecule has 0 saturated carbocycles. The van der Waals surface area contributed by atoms with E-state index in [4.69, 9.17) is 0 Å². The number of unbranched alkanes of at least 4 members (excludes halogenated alkanes) is 6. The Kier molecular flexibility index (Phi) is 11.8. The van der Waals surface area contributed by atoms with Crippen LogP contribution in [0.25, 0.3) is 27.6 Å². The molecule has 1 aliphatic heterocycles. The zero-order valence-corrected chi connectivity index (χ0v) is 29.9. The summed E-state index contributed by atoms with van der Waals surface area (Å²) in [5.74, 6) is -0.451. The molecule has 5 rings (SSSR count). The highest BCUT2D eigenvalue weighted by Gasteiger charge is 2.37. The van der Waals surface area contributed by atoms with Crippen LogP contribution in [0.2, 0.25) is 0 Å². The third kappa shape index (κ3) is 9.29. The van der Waals surface area contributed by atoms with Crippen LogP contribution in [0, 0.1) is 5.41 Å². The number of aryl methyl sites for hydroxylation is 1. The Morgan fingerprint density at radius 2 is 1.61 bits per heavy atom. The van der Waals surface area contributed by atoms with E-state index in [2.05, 4.69) is 15.7 Å². The van der Waals surface area contributed by atoms with E-state index in [0.717, 1.165) is 73.4 Å². The normalized spacial score (nSPS) is 15.8. The van der Waals surface area contributed by atoms with Crippen molar-refractivity contribution in [3.8, 4) is 5.69 Å². The van der Waals surface area contributed by atoms with Crippen LogP contribution in [0.4, 0.5) is 13.2 Å². The molecule has 2 atom stereocenters. The molecule has 0 spiro atoms. The summed E-state index contributed by atoms with van der Waals surface area (Å²) in [7, 11) is 1.77. The number of hydrogen-bond acceptors (Lipinski definition) is 5. The molecule has 2 aromatic heterocycles. The summed E-state index contributed by atoms with van der Waals surface area (Å²) in [5, 5.41) is 21.9. The summed E-state index contributed by atoms with van der Waals surface area (Å²) in [4.78, 5) is 40.4. The molecule has 1 fully saturated rings. The number of fused-ring (bicyclic) bond motifs is 3. The van der Waals surface area contributed by atoms with Crippen molar-refractivity contribution in [2.45, 2.75) is 96.9 Å². The number of aliphatic hydroxyl groups is 1. The molecule has 4 aromatic rings. The quantitative estimate of drug-likeness (QED) is 0.129. The molecule has 1 aliphatic rings. The first-order chi connectivity index (χ1) is 24.1. The van der Waals surface area contributed by atoms with E-state index in [-0.39, 0.29) is 17.7 Å². The van der Waals surface area contributed by atoms with Gasteiger partial charge in [-0.25, -0.2) is 0 Å². The third-order valence-electron chi connectivity index (χ3n) is 9.52. The van der Waals surface area contributed by atoms with Gasteiger partial charge in [0.2, 0.25) is 11.8 Å². The molecule has 3 N–H and O–H groups in total. The minimum absolute atomic E-state index is 0.125. The monoisotopic (exact) mass is 710 g/mol. The van der Waals surface area contributed by atoms with Crippen LogP contribution in [0.1, 0.15) is 94.5 Å². The number of aliphatic hydroxyl groups excluding tert-OH is 1. The predicted molar refractivity (Wildman–Crippen MR) is 190 cm³/mol. The number of alkyl halides is 3. The zero-order chi connectivity index (χ0) is 36.9. The van der Waals surface area contributed by atoms with Crippen molar-refractivity contribution >= 4 is 39.7 Å². The lowest BCUT2D eigenvalue weighted by molar-refractivity contribution is -0.139. The summed E-state index contributed by atoms with van der Waals surface area (Å²) in [6, 6.07) is 9.65. The Balaban J connectivity index is 1.03. The van der Waals surface area contributed by atoms with E-state index in [0.29, 0.717) is 49.4 Å². The molecule has 276 valence electrons. The molecular formula is C38H49F3N6O4. The van der Waals surface area contributed by atoms with Gasteiger partial charge in [0.1, 0.15) is 6.04 Å². The number of benzene rings is 2. The molecule has 13 heteroatoms. The summed E-state index contributed by atoms with van der Waals surface area (Å²) in [6.45, 7) is 7.16. The van der Waals surface area contributed by atoms with Gasteiger partial charge in [0.25, 0.3) is 5.91 Å². The maximum atomic E-state index is 13.1. The summed E-state index contributed by atoms with van der Waals surface area (Å²) in [6.07, 6.45) is 4.36. The second-order valence-corrected chi connectivity index (χ2v) is 14.7. The van der Waals surface area contributed by atoms with Gasteiger partial charge in [-0.15, -0.1) is 0 Å². The number of nitrogens with one attached hydrogen (secondary N) is 2. The summed E-state index contributed by atoms with van der Waals surface area (Å²) < 4.78 is 42.9. The average molecular weight is 711 g/mol. The molecule has 3 amide bonds. The van der Waals surface area contributed by atoms with E-state index < -0.39 is 29.3 Å². The number of nitrogens with zero attached hydrogens (tertiary/aromatic N) is 4. The fourth-order valence-electron chi connectivity index (χ4n) is 6.70. The maximum absolute atomic E-state index is 13.1. The second kappa shape index (κ2) is 15.9. The Morgan fingerprint density at radius 1 is 0.941 bits per heavy atom. The van der Waals surface area contributed by atoms with Crippen LogP contribution in [0.3, 0.4) is 0 Å². The van der Waals surface area contributed by atoms with Crippen molar-refractivity contribution < 1.29 is 32.7 Å². The van der Waals surface area contributed by atoms with Crippen LogP contribution in [0.5, 0.6) is 0 Å². The summed E-state index contributed by atoms with van der Waals surface area (Å²) >= 11 is 0. The molecule has 0 bridgehead atoms. The number of halogens is 3. The van der Waals surface area contributed by atoms with Gasteiger partial charge >= 0.3 is 6.18 Å². The molecule has 0 radical (unpaired) electrons. The number of aromatic nitrogens is 3. The lowest BCUT2D eigenvalue weighted by Crippen LogP contribution is -2.54. The fraction of sp³-hybridized carbons (Fsp3) is 0.526. The van der Waals surface area contributed by atoms with Crippen molar-refractivity contribution in [3.63, 3.8) is 0 Å². The van der Waals surface area contributed by atoms with Crippen LogP contribution < -0.4 is 10.6 Å². The highest BCUT2D eigenvalue weighted by atomic mass is 19.4. The number of likely N-dealkylation sites (tertiary alicyclic amines) is 1. The van der Waals surface area contributed by atoms with Gasteiger partial charge in [-0.05, 0) is 67.1 Å². The lowest BCUT2D eigenvalue weighted by Gasteiger charge is -2.33. The smallest absolute Gasteiger partial charge is 0.391 e. The number of carbonyl (C=O) groups excluding carboxylic acids is 3. The number of carbonyl (C=O) groups is 3. The van der Waals surface area contributed by atoms with Gasteiger partial charge < -0.3 is 20.6 Å². The lowest BCUT2D eigenvalue weighted by atomic mass is 9.85. The SMILES string of the molecule is Cn1cc2c3cc(C(=O)NCCCCCCCCCC(=O)N[C@H](C(=O)N4CC[C@@H](O)C4)C(C)(C)C)ccc3n(-c3ccc(C(F)(F)F)cc3)c2n1. The highest BCUT2D eigenvalue weighted by molar-refractivity contribution is 6.10. The van der Waals surface area contributed by atoms with Crippen molar-refractivity contribution in [2.24, 2.45) is 12.5 Å². The molecule has 51 heavy (non-hydrogen) atoms. The zero-order valence-electron chi connectivity index (χ0n) is 29.9. The first kappa shape index (κ1) is 37.9. The maximum Gasteiger partial charge on any atom is 0.416 e. The fourth-order valence-corrected chi connectivity index (χ4v) is 6.70. The Bertz CT molecular complexity index is 1840. The Labute approximate surface area is 296 Å². The largest absolute Gasteiger partial charge is 0.416 e. The van der Waals surface area contributed by atoms with E-state index >= 15 is 0 Å². The van der Waals surface area contributed by atoms with Crippen LogP contribution in [0.15, 0.2) is 48.7 Å². The minimum Gasteiger partial charge on any atom is -0.391 e. The van der Waals surface area contributed by atoms with E-state index in [1.165, 1.54) is 12.1 Å². The van der Waals surface area contributed by atoms with Gasteiger partial charge in [0.15, 0.2) is 5.65 Å². The van der Waals surface area contributed by atoms with Crippen molar-refractivity contribution in [2.75, 3.05) is 19.6 Å². The van der Waals surface area contributed by atoms with E-state index in [9.17, 15) is 32.7 Å². The molecule has 0 aliphatic carbocycles. The van der Waals surface area contributed by atoms with Gasteiger partial charge in [-0.2, -0.15) is 18.3 Å². The molecule has 2 aromatic carbocycles. The van der Waals surface area contributed by atoms with Crippen molar-refractivity contribution in [3.05, 3.63) is 59.8 Å². The standard InChI is InChI=1S/C38H49F3N6O4/c1-37(2,3)33(36(51)46-21-19-28(48)23-46)43-32(49)12-10-8-6-5-7-9-11-20-42-35(50)25-13-18-31-29(22-25)30-24-45(4)44-34(30)47(31)27-16-14-26(15-17-27)38(39,40)41/h13-18,22,24,28,33,48H,5-12,19-21,23H2,1-4H3,(H,42,50)(H,43,49)/t28-,33-/m1/s1. The molecule has 0 unspecified atom stereocenters. The van der Waals surface area contributed by atoms with Crippen molar-refractivity contribution in [1.82, 2.24) is 29.9 Å². The average Bonchev–Trinajstić information content (AvgIpc) is 3.76. The number of β-amino-alcohol motifs (C(OH)–C–C–N with tert-alkyl or cyclic N) is 1. The molecule has 1 saturated heterocycles. The van der Waals surface area contributed by atoms with Gasteiger partial charge in [0.05, 0.1) is 17.2 Å². The third-order valence-corrected chi connectivity index (χ3v) is 9.52.